The van der Waals surface area contributed by atoms with Gasteiger partial charge in [-0.15, -0.1) is 0 Å². The molecule has 0 amide bonds. The Morgan fingerprint density at radius 2 is 0.957 bits per heavy atom. The zero-order valence-electron chi connectivity index (χ0n) is 10.5. The summed E-state index contributed by atoms with van der Waals surface area (Å²) in [5.74, 6) is -3.96. The third-order valence-corrected chi connectivity index (χ3v) is 2.18. The van der Waals surface area contributed by atoms with E-state index in [0.717, 1.165) is 0 Å². The van der Waals surface area contributed by atoms with Crippen molar-refractivity contribution < 1.29 is 61.8 Å². The fourth-order valence-corrected chi connectivity index (χ4v) is 1.32. The third-order valence-electron chi connectivity index (χ3n) is 2.18. The molecule has 0 N–H and O–H groups in total. The summed E-state index contributed by atoms with van der Waals surface area (Å²) < 4.78 is 165. The second-order valence-electron chi connectivity index (χ2n) is 3.79. The smallest absolute Gasteiger partial charge is 0.439 e. The van der Waals surface area contributed by atoms with E-state index in [0.29, 0.717) is 6.92 Å². The van der Waals surface area contributed by atoms with Crippen molar-refractivity contribution in [3.63, 3.8) is 0 Å². The highest BCUT2D eigenvalue weighted by Gasteiger charge is 2.78. The van der Waals surface area contributed by atoms with Crippen LogP contribution in [0.2, 0.25) is 0 Å². The minimum absolute atomic E-state index is 0.470. The lowest BCUT2D eigenvalue weighted by atomic mass is 9.96. The maximum Gasteiger partial charge on any atom is 0.439 e. The Balaban J connectivity index is 7.04. The number of allylic oxidation sites excluding steroid dienone is 2. The van der Waals surface area contributed by atoms with Crippen molar-refractivity contribution in [1.29, 1.82) is 0 Å². The molecular weight excluding hydrogens is 371 g/mol. The van der Waals surface area contributed by atoms with Gasteiger partial charge in [0, 0.05) is 0 Å². The van der Waals surface area contributed by atoms with Crippen molar-refractivity contribution in [3.8, 4) is 0 Å². The third kappa shape index (κ3) is 4.13. The van der Waals surface area contributed by atoms with Crippen LogP contribution in [0.5, 0.6) is 0 Å². The van der Waals surface area contributed by atoms with Crippen LogP contribution in [-0.4, -0.2) is 37.0 Å². The molecule has 0 heterocycles. The predicted octanol–water partition coefficient (Wildman–Crippen LogP) is 5.23. The Hall–Kier alpha value is -1.37. The quantitative estimate of drug-likeness (QED) is 0.484. The van der Waals surface area contributed by atoms with Crippen LogP contribution in [0.1, 0.15) is 6.92 Å². The second kappa shape index (κ2) is 5.92. The van der Waals surface area contributed by atoms with E-state index in [1.807, 2.05) is 0 Å². The lowest BCUT2D eigenvalue weighted by Gasteiger charge is -2.33. The van der Waals surface area contributed by atoms with Gasteiger partial charge >= 0.3 is 30.4 Å². The van der Waals surface area contributed by atoms with Crippen molar-refractivity contribution >= 4 is 0 Å². The highest BCUT2D eigenvalue weighted by Crippen LogP contribution is 2.55. The van der Waals surface area contributed by atoms with Gasteiger partial charge in [-0.05, 0) is 6.92 Å². The Kier molecular flexibility index (Phi) is 5.57. The van der Waals surface area contributed by atoms with Crippen molar-refractivity contribution in [2.24, 2.45) is 0 Å². The van der Waals surface area contributed by atoms with E-state index in [9.17, 15) is 57.1 Å². The molecule has 0 saturated carbocycles. The molecule has 14 heteroatoms. The molecule has 0 fully saturated rings. The van der Waals surface area contributed by atoms with Crippen LogP contribution >= 0.6 is 0 Å². The summed E-state index contributed by atoms with van der Waals surface area (Å²) >= 11 is 0. The van der Waals surface area contributed by atoms with Gasteiger partial charge in [-0.3, -0.25) is 0 Å². The van der Waals surface area contributed by atoms with Gasteiger partial charge in [-0.1, -0.05) is 0 Å². The predicted molar refractivity (Wildman–Crippen MR) is 46.7 cm³/mol. The monoisotopic (exact) mass is 376 g/mol. The van der Waals surface area contributed by atoms with Crippen LogP contribution in [0.3, 0.4) is 0 Å². The molecule has 0 rings (SSSR count). The number of hydrogen-bond donors (Lipinski definition) is 0. The maximum absolute atomic E-state index is 13.5. The number of alkyl halides is 13. The summed E-state index contributed by atoms with van der Waals surface area (Å²) in [5, 5.41) is 0. The molecule has 0 aliphatic rings. The fourth-order valence-electron chi connectivity index (χ4n) is 1.32. The topological polar surface area (TPSA) is 9.23 Å². The molecule has 0 atom stereocenters. The molecular formula is C9H5F13O. The normalized spacial score (nSPS) is 14.7. The van der Waals surface area contributed by atoms with Gasteiger partial charge in [-0.25, -0.2) is 4.39 Å². The number of rotatable bonds is 3. The summed E-state index contributed by atoms with van der Waals surface area (Å²) in [5.41, 5.74) is -11.4. The number of ether oxygens (including phenoxy) is 1. The van der Waals surface area contributed by atoms with E-state index in [-0.39, 0.29) is 0 Å². The SMILES string of the molecule is CCOC(=C(C(F)(F)F)C(F)(F)F)C(F)(C(F)(F)F)C(F)(F)F. The van der Waals surface area contributed by atoms with Gasteiger partial charge in [0.05, 0.1) is 6.61 Å². The van der Waals surface area contributed by atoms with Gasteiger partial charge in [-0.2, -0.15) is 52.7 Å². The first-order valence-corrected chi connectivity index (χ1v) is 5.16. The Labute approximate surface area is 118 Å². The fraction of sp³-hybridized carbons (Fsp3) is 0.778. The largest absolute Gasteiger partial charge is 0.493 e. The molecule has 138 valence electrons. The minimum atomic E-state index is -7.20. The Morgan fingerprint density at radius 3 is 1.13 bits per heavy atom. The van der Waals surface area contributed by atoms with Crippen LogP contribution < -0.4 is 0 Å². The molecule has 1 nitrogen and oxygen atoms in total. The summed E-state index contributed by atoms with van der Waals surface area (Å²) in [6.07, 6.45) is -28.0. The molecule has 0 unspecified atom stereocenters. The summed E-state index contributed by atoms with van der Waals surface area (Å²) in [7, 11) is 0. The highest BCUT2D eigenvalue weighted by molar-refractivity contribution is 5.30. The summed E-state index contributed by atoms with van der Waals surface area (Å²) in [6.45, 7) is -1.06. The van der Waals surface area contributed by atoms with Crippen LogP contribution in [0.25, 0.3) is 0 Å². The van der Waals surface area contributed by atoms with Crippen LogP contribution in [0.15, 0.2) is 11.3 Å². The lowest BCUT2D eigenvalue weighted by Crippen LogP contribution is -2.56. The van der Waals surface area contributed by atoms with Crippen molar-refractivity contribution in [2.75, 3.05) is 6.61 Å². The molecule has 0 aromatic heterocycles. The van der Waals surface area contributed by atoms with Gasteiger partial charge in [0.2, 0.25) is 0 Å². The number of hydrogen-bond acceptors (Lipinski definition) is 1. The van der Waals surface area contributed by atoms with Gasteiger partial charge in [0.15, 0.2) is 11.3 Å². The van der Waals surface area contributed by atoms with E-state index in [1.165, 1.54) is 0 Å². The van der Waals surface area contributed by atoms with Gasteiger partial charge < -0.3 is 4.74 Å². The van der Waals surface area contributed by atoms with Crippen LogP contribution in [0, 0.1) is 0 Å². The average Bonchev–Trinajstić information content (AvgIpc) is 2.20. The summed E-state index contributed by atoms with van der Waals surface area (Å²) in [4.78, 5) is 0. The van der Waals surface area contributed by atoms with Crippen molar-refractivity contribution in [1.82, 2.24) is 0 Å². The van der Waals surface area contributed by atoms with E-state index < -0.39 is 48.3 Å². The van der Waals surface area contributed by atoms with E-state index >= 15 is 0 Å². The lowest BCUT2D eigenvalue weighted by molar-refractivity contribution is -0.338. The standard InChI is InChI=1S/C9H5F13O/c1-2-23-4(3(6(11,12)13)7(14,15)16)5(10,8(17,18)19)9(20,21)22/h2H2,1H3. The zero-order chi connectivity index (χ0) is 19.1. The molecule has 0 aromatic carbocycles. The van der Waals surface area contributed by atoms with E-state index in [2.05, 4.69) is 4.74 Å². The van der Waals surface area contributed by atoms with Gasteiger partial charge in [0.25, 0.3) is 0 Å². The molecule has 0 saturated heterocycles. The first-order valence-electron chi connectivity index (χ1n) is 5.16. The molecule has 0 bridgehead atoms. The zero-order valence-corrected chi connectivity index (χ0v) is 10.5. The Morgan fingerprint density at radius 1 is 0.652 bits per heavy atom. The summed E-state index contributed by atoms with van der Waals surface area (Å²) in [6, 6.07) is 0. The Bertz CT molecular complexity index is 416. The first kappa shape index (κ1) is 21.6. The molecule has 0 aliphatic carbocycles. The van der Waals surface area contributed by atoms with E-state index in [1.54, 1.807) is 0 Å². The molecule has 0 aromatic rings. The van der Waals surface area contributed by atoms with Crippen LogP contribution in [-0.2, 0) is 4.74 Å². The molecule has 0 spiro atoms. The molecule has 0 radical (unpaired) electrons. The maximum atomic E-state index is 13.5. The molecule has 0 aliphatic heterocycles. The van der Waals surface area contributed by atoms with Crippen molar-refractivity contribution in [3.05, 3.63) is 11.3 Å². The van der Waals surface area contributed by atoms with Gasteiger partial charge in [0.1, 0.15) is 0 Å². The average molecular weight is 376 g/mol. The van der Waals surface area contributed by atoms with Crippen molar-refractivity contribution in [2.45, 2.75) is 37.3 Å². The first-order chi connectivity index (χ1) is 9.81. The van der Waals surface area contributed by atoms with Crippen LogP contribution in [0.4, 0.5) is 57.1 Å². The second-order valence-corrected chi connectivity index (χ2v) is 3.79. The highest BCUT2D eigenvalue weighted by atomic mass is 19.4. The molecule has 23 heavy (non-hydrogen) atoms. The van der Waals surface area contributed by atoms with E-state index in [4.69, 9.17) is 0 Å². The number of halogens is 13. The minimum Gasteiger partial charge on any atom is -0.493 e.